The highest BCUT2D eigenvalue weighted by Crippen LogP contribution is 2.34. The number of rotatable bonds is 9. The van der Waals surface area contributed by atoms with E-state index < -0.39 is 23.5 Å². The number of carbonyl (C=O) groups excluding carboxylic acids is 1. The van der Waals surface area contributed by atoms with E-state index >= 15 is 0 Å². The van der Waals surface area contributed by atoms with Crippen LogP contribution in [0.1, 0.15) is 36.8 Å². The van der Waals surface area contributed by atoms with Crippen molar-refractivity contribution >= 4 is 16.9 Å². The van der Waals surface area contributed by atoms with E-state index in [9.17, 15) is 18.7 Å². The lowest BCUT2D eigenvalue weighted by molar-refractivity contribution is -0.147. The van der Waals surface area contributed by atoms with Crippen LogP contribution in [0, 0.1) is 17.6 Å². The molecule has 2 heterocycles. The lowest BCUT2D eigenvalue weighted by Crippen LogP contribution is -2.17. The maximum atomic E-state index is 14.8. The minimum Gasteiger partial charge on any atom is -0.466 e. The predicted octanol–water partition coefficient (Wildman–Crippen LogP) is 6.45. The van der Waals surface area contributed by atoms with Crippen LogP contribution >= 0.6 is 0 Å². The number of halogens is 2. The quantitative estimate of drug-likeness (QED) is 0.190. The van der Waals surface area contributed by atoms with Gasteiger partial charge in [0.05, 0.1) is 29.9 Å². The Hall–Kier alpha value is -4.50. The summed E-state index contributed by atoms with van der Waals surface area (Å²) in [6.45, 7) is 3.91. The molecule has 0 aliphatic rings. The number of aromatic nitrogens is 3. The molecular formula is C30H27F2N3O4. The van der Waals surface area contributed by atoms with Gasteiger partial charge in [-0.1, -0.05) is 43.3 Å². The Morgan fingerprint density at radius 3 is 2.74 bits per heavy atom. The largest absolute Gasteiger partial charge is 0.466 e. The van der Waals surface area contributed by atoms with Crippen molar-refractivity contribution in [1.82, 2.24) is 15.0 Å². The molecular weight excluding hydrogens is 504 g/mol. The van der Waals surface area contributed by atoms with Gasteiger partial charge >= 0.3 is 5.97 Å². The maximum Gasteiger partial charge on any atom is 0.308 e. The lowest BCUT2D eigenvalue weighted by atomic mass is 9.97. The van der Waals surface area contributed by atoms with Gasteiger partial charge in [-0.2, -0.15) is 0 Å². The van der Waals surface area contributed by atoms with Crippen LogP contribution in [-0.4, -0.2) is 32.6 Å². The maximum absolute atomic E-state index is 14.8. The number of esters is 1. The van der Waals surface area contributed by atoms with Crippen LogP contribution in [-0.2, 0) is 16.0 Å². The summed E-state index contributed by atoms with van der Waals surface area (Å²) in [7, 11) is 0. The van der Waals surface area contributed by atoms with E-state index in [1.807, 2.05) is 25.1 Å². The Morgan fingerprint density at radius 2 is 1.92 bits per heavy atom. The molecule has 2 aromatic heterocycles. The molecule has 1 unspecified atom stereocenters. The third kappa shape index (κ3) is 5.53. The summed E-state index contributed by atoms with van der Waals surface area (Å²) in [6.07, 6.45) is 2.56. The van der Waals surface area contributed by atoms with E-state index in [2.05, 4.69) is 15.0 Å². The minimum absolute atomic E-state index is 0.224. The molecule has 0 saturated carbocycles. The number of nitrogens with one attached hydrogen (secondary N) is 2. The molecule has 0 saturated heterocycles. The number of ether oxygens (including phenoxy) is 2. The normalized spacial score (nSPS) is 12.8. The highest BCUT2D eigenvalue weighted by Gasteiger charge is 2.19. The molecule has 39 heavy (non-hydrogen) atoms. The summed E-state index contributed by atoms with van der Waals surface area (Å²) in [5.74, 6) is -2.01. The van der Waals surface area contributed by atoms with Gasteiger partial charge in [-0.05, 0) is 42.7 Å². The number of aliphatic hydroxyl groups excluding tert-OH is 1. The van der Waals surface area contributed by atoms with Crippen molar-refractivity contribution < 1.29 is 28.2 Å². The Morgan fingerprint density at radius 1 is 1.10 bits per heavy atom. The van der Waals surface area contributed by atoms with Gasteiger partial charge < -0.3 is 24.5 Å². The second-order valence-electron chi connectivity index (χ2n) is 9.26. The predicted molar refractivity (Wildman–Crippen MR) is 142 cm³/mol. The number of nitrogens with zero attached hydrogens (tertiary/aromatic N) is 1. The molecule has 7 nitrogen and oxygen atoms in total. The van der Waals surface area contributed by atoms with Crippen LogP contribution in [0.2, 0.25) is 0 Å². The van der Waals surface area contributed by atoms with E-state index in [1.54, 1.807) is 37.3 Å². The van der Waals surface area contributed by atoms with Crippen molar-refractivity contribution in [2.75, 3.05) is 6.61 Å². The Balaban J connectivity index is 1.34. The molecule has 0 aliphatic carbocycles. The van der Waals surface area contributed by atoms with Crippen molar-refractivity contribution in [2.45, 2.75) is 26.4 Å². The van der Waals surface area contributed by atoms with Crippen LogP contribution in [0.3, 0.4) is 0 Å². The zero-order valence-electron chi connectivity index (χ0n) is 21.4. The fourth-order valence-electron chi connectivity index (χ4n) is 4.44. The van der Waals surface area contributed by atoms with E-state index in [4.69, 9.17) is 9.47 Å². The molecule has 0 fully saturated rings. The number of aliphatic hydroxyl groups is 1. The molecule has 2 atom stereocenters. The number of H-pyrrole nitrogens is 2. The molecule has 3 N–H and O–H groups in total. The number of benzene rings is 3. The molecule has 9 heteroatoms. The van der Waals surface area contributed by atoms with Gasteiger partial charge in [0.1, 0.15) is 17.7 Å². The second-order valence-corrected chi connectivity index (χ2v) is 9.26. The fraction of sp³-hybridized carbons (Fsp3) is 0.200. The van der Waals surface area contributed by atoms with Crippen LogP contribution in [0.15, 0.2) is 73.1 Å². The van der Waals surface area contributed by atoms with Gasteiger partial charge in [-0.25, -0.2) is 13.8 Å². The molecule has 200 valence electrons. The molecule has 0 bridgehead atoms. The molecule has 5 rings (SSSR count). The first-order chi connectivity index (χ1) is 18.8. The number of hydrogen-bond donors (Lipinski definition) is 3. The number of carbonyl (C=O) groups is 1. The Kier molecular flexibility index (Phi) is 7.42. The van der Waals surface area contributed by atoms with Crippen LogP contribution in [0.5, 0.6) is 11.5 Å². The lowest BCUT2D eigenvalue weighted by Gasteiger charge is -2.13. The van der Waals surface area contributed by atoms with E-state index in [0.29, 0.717) is 41.2 Å². The molecule has 0 aliphatic heterocycles. The van der Waals surface area contributed by atoms with Crippen molar-refractivity contribution in [1.29, 1.82) is 0 Å². The third-order valence-corrected chi connectivity index (χ3v) is 6.42. The van der Waals surface area contributed by atoms with Gasteiger partial charge in [0.25, 0.3) is 0 Å². The number of aromatic amines is 2. The zero-order chi connectivity index (χ0) is 27.5. The van der Waals surface area contributed by atoms with Gasteiger partial charge in [0.15, 0.2) is 17.4 Å². The molecule has 0 spiro atoms. The summed E-state index contributed by atoms with van der Waals surface area (Å²) in [4.78, 5) is 22.3. The third-order valence-electron chi connectivity index (χ3n) is 6.42. The molecule has 5 aromatic rings. The fourth-order valence-corrected chi connectivity index (χ4v) is 4.44. The summed E-state index contributed by atoms with van der Waals surface area (Å²) in [5.41, 5.74) is 2.94. The van der Waals surface area contributed by atoms with Crippen molar-refractivity contribution in [3.63, 3.8) is 0 Å². The van der Waals surface area contributed by atoms with Gasteiger partial charge in [-0.3, -0.25) is 4.79 Å². The minimum atomic E-state index is -0.986. The second kappa shape index (κ2) is 11.1. The van der Waals surface area contributed by atoms with Gasteiger partial charge in [0.2, 0.25) is 0 Å². The Bertz CT molecular complexity index is 1630. The molecule has 3 aromatic carbocycles. The molecule has 0 amide bonds. The number of fused-ring (bicyclic) bond motifs is 1. The van der Waals surface area contributed by atoms with Crippen molar-refractivity contribution in [3.05, 3.63) is 102 Å². The summed E-state index contributed by atoms with van der Waals surface area (Å²) in [6, 6.07) is 16.7. The van der Waals surface area contributed by atoms with Gasteiger partial charge in [0, 0.05) is 23.2 Å². The van der Waals surface area contributed by atoms with Crippen molar-refractivity contribution in [2.24, 2.45) is 5.92 Å². The average Bonchev–Trinajstić information content (AvgIpc) is 3.61. The highest BCUT2D eigenvalue weighted by atomic mass is 19.1. The topological polar surface area (TPSA) is 100 Å². The number of hydrogen-bond acceptors (Lipinski definition) is 5. The van der Waals surface area contributed by atoms with E-state index in [1.165, 1.54) is 24.5 Å². The van der Waals surface area contributed by atoms with Crippen molar-refractivity contribution in [3.8, 4) is 22.9 Å². The highest BCUT2D eigenvalue weighted by molar-refractivity contribution is 5.82. The van der Waals surface area contributed by atoms with Crippen LogP contribution in [0.4, 0.5) is 8.78 Å². The molecule has 0 radical (unpaired) electrons. The van der Waals surface area contributed by atoms with Crippen LogP contribution in [0.25, 0.3) is 22.3 Å². The first-order valence-electron chi connectivity index (χ1n) is 12.6. The average molecular weight is 532 g/mol. The zero-order valence-corrected chi connectivity index (χ0v) is 21.4. The number of imidazole rings is 1. The van der Waals surface area contributed by atoms with E-state index in [-0.39, 0.29) is 23.0 Å². The summed E-state index contributed by atoms with van der Waals surface area (Å²) < 4.78 is 40.1. The summed E-state index contributed by atoms with van der Waals surface area (Å²) in [5, 5.41) is 11.2. The smallest absolute Gasteiger partial charge is 0.308 e. The van der Waals surface area contributed by atoms with E-state index in [0.717, 1.165) is 5.56 Å². The standard InChI is InChI=1S/C30H27F2N3O4/c1-3-38-30(37)17(2)12-18-6-4-7-19(13-18)27(36)25-16-34-29(35-25)20-8-5-9-21(14-20)39-28-23(31)15-24-22(26(28)32)10-11-33-24/h4-11,13-17,27,33,36H,3,12H2,1-2H3,(H,34,35)/t17?,27-/m0/s1. The monoisotopic (exact) mass is 531 g/mol. The first-order valence-corrected chi connectivity index (χ1v) is 12.6. The summed E-state index contributed by atoms with van der Waals surface area (Å²) >= 11 is 0. The Labute approximate surface area is 223 Å². The van der Waals surface area contributed by atoms with Gasteiger partial charge in [-0.15, -0.1) is 0 Å². The SMILES string of the molecule is CCOC(=O)C(C)Cc1cccc([C@H](O)c2cnc(-c3cccc(Oc4c(F)cc5[nH]ccc5c4F)c3)[nH]2)c1. The van der Waals surface area contributed by atoms with Crippen LogP contribution < -0.4 is 4.74 Å². The first kappa shape index (κ1) is 26.1.